The Morgan fingerprint density at radius 2 is 1.95 bits per heavy atom. The molecule has 1 N–H and O–H groups in total. The average molecular weight is 300 g/mol. The van der Waals surface area contributed by atoms with Crippen molar-refractivity contribution < 1.29 is 14.6 Å². The Morgan fingerprint density at radius 3 is 2.59 bits per heavy atom. The van der Waals surface area contributed by atoms with Crippen LogP contribution < -0.4 is 5.48 Å². The van der Waals surface area contributed by atoms with Crippen LogP contribution >= 0.6 is 0 Å². The summed E-state index contributed by atoms with van der Waals surface area (Å²) in [6.45, 7) is 0. The highest BCUT2D eigenvalue weighted by Crippen LogP contribution is 2.21. The van der Waals surface area contributed by atoms with Crippen molar-refractivity contribution in [3.63, 3.8) is 0 Å². The van der Waals surface area contributed by atoms with Gasteiger partial charge in [-0.05, 0) is 5.56 Å². The SMILES string of the molecule is CON[C@@H](CC(=O)c1cccc([N+](=O)[O-])c1)c1ccccc1. The van der Waals surface area contributed by atoms with Crippen molar-refractivity contribution in [3.8, 4) is 0 Å². The molecule has 1 atom stereocenters. The molecule has 2 rings (SSSR count). The Morgan fingerprint density at radius 1 is 1.23 bits per heavy atom. The summed E-state index contributed by atoms with van der Waals surface area (Å²) < 4.78 is 0. The number of benzene rings is 2. The molecule has 114 valence electrons. The highest BCUT2D eigenvalue weighted by atomic mass is 16.6. The van der Waals surface area contributed by atoms with E-state index < -0.39 is 4.92 Å². The van der Waals surface area contributed by atoms with Crippen LogP contribution in [0, 0.1) is 10.1 Å². The van der Waals surface area contributed by atoms with Crippen molar-refractivity contribution in [2.24, 2.45) is 0 Å². The van der Waals surface area contributed by atoms with E-state index in [2.05, 4.69) is 5.48 Å². The fourth-order valence-electron chi connectivity index (χ4n) is 2.15. The summed E-state index contributed by atoms with van der Waals surface area (Å²) in [5.41, 5.74) is 3.91. The number of hydrogen-bond acceptors (Lipinski definition) is 5. The number of rotatable bonds is 7. The molecule has 0 aromatic heterocycles. The van der Waals surface area contributed by atoms with Gasteiger partial charge in [0, 0.05) is 24.1 Å². The van der Waals surface area contributed by atoms with Gasteiger partial charge in [0.05, 0.1) is 18.1 Å². The third-order valence-corrected chi connectivity index (χ3v) is 3.23. The van der Waals surface area contributed by atoms with Gasteiger partial charge in [0.1, 0.15) is 0 Å². The Balaban J connectivity index is 2.18. The van der Waals surface area contributed by atoms with E-state index in [1.165, 1.54) is 25.3 Å². The maximum Gasteiger partial charge on any atom is 0.270 e. The van der Waals surface area contributed by atoms with Crippen molar-refractivity contribution in [1.29, 1.82) is 0 Å². The van der Waals surface area contributed by atoms with Gasteiger partial charge >= 0.3 is 0 Å². The van der Waals surface area contributed by atoms with E-state index in [-0.39, 0.29) is 23.9 Å². The summed E-state index contributed by atoms with van der Waals surface area (Å²) in [5, 5.41) is 10.8. The maximum absolute atomic E-state index is 12.4. The number of ketones is 1. The molecule has 6 heteroatoms. The van der Waals surface area contributed by atoms with Gasteiger partial charge in [0.2, 0.25) is 0 Å². The fraction of sp³-hybridized carbons (Fsp3) is 0.188. The summed E-state index contributed by atoms with van der Waals surface area (Å²) in [6.07, 6.45) is 0.138. The van der Waals surface area contributed by atoms with Crippen LogP contribution in [0.2, 0.25) is 0 Å². The van der Waals surface area contributed by atoms with Crippen LogP contribution in [0.15, 0.2) is 54.6 Å². The third kappa shape index (κ3) is 3.97. The first-order chi connectivity index (χ1) is 10.6. The summed E-state index contributed by atoms with van der Waals surface area (Å²) in [7, 11) is 1.48. The number of carbonyl (C=O) groups excluding carboxylic acids is 1. The van der Waals surface area contributed by atoms with Gasteiger partial charge < -0.3 is 4.84 Å². The molecule has 2 aromatic carbocycles. The molecular formula is C16H16N2O4. The molecule has 2 aromatic rings. The molecule has 0 unspecified atom stereocenters. The van der Waals surface area contributed by atoms with Crippen LogP contribution in [0.4, 0.5) is 5.69 Å². The van der Waals surface area contributed by atoms with E-state index >= 15 is 0 Å². The van der Waals surface area contributed by atoms with Gasteiger partial charge in [-0.1, -0.05) is 42.5 Å². The van der Waals surface area contributed by atoms with Crippen molar-refractivity contribution in [2.75, 3.05) is 7.11 Å². The van der Waals surface area contributed by atoms with E-state index in [1.54, 1.807) is 6.07 Å². The lowest BCUT2D eigenvalue weighted by Crippen LogP contribution is -2.23. The highest BCUT2D eigenvalue weighted by Gasteiger charge is 2.18. The fourth-order valence-corrected chi connectivity index (χ4v) is 2.15. The van der Waals surface area contributed by atoms with Gasteiger partial charge in [0.15, 0.2) is 5.78 Å². The molecule has 0 saturated carbocycles. The molecule has 0 amide bonds. The summed E-state index contributed by atoms with van der Waals surface area (Å²) in [6, 6.07) is 14.8. The number of non-ortho nitro benzene ring substituents is 1. The second-order valence-electron chi connectivity index (χ2n) is 4.72. The van der Waals surface area contributed by atoms with Gasteiger partial charge in [0.25, 0.3) is 5.69 Å². The van der Waals surface area contributed by atoms with Crippen molar-refractivity contribution >= 4 is 11.5 Å². The Kier molecular flexibility index (Phi) is 5.35. The van der Waals surface area contributed by atoms with Gasteiger partial charge in [-0.2, -0.15) is 5.48 Å². The molecule has 0 aliphatic carbocycles. The molecule has 0 saturated heterocycles. The number of hydrogen-bond donors (Lipinski definition) is 1. The van der Waals surface area contributed by atoms with Crippen LogP contribution in [0.1, 0.15) is 28.4 Å². The molecule has 0 bridgehead atoms. The van der Waals surface area contributed by atoms with Crippen molar-refractivity contribution in [1.82, 2.24) is 5.48 Å². The zero-order chi connectivity index (χ0) is 15.9. The van der Waals surface area contributed by atoms with E-state index in [4.69, 9.17) is 4.84 Å². The smallest absolute Gasteiger partial charge is 0.270 e. The van der Waals surface area contributed by atoms with Crippen LogP contribution in [0.3, 0.4) is 0 Å². The lowest BCUT2D eigenvalue weighted by molar-refractivity contribution is -0.384. The minimum Gasteiger partial charge on any atom is -0.305 e. The predicted octanol–water partition coefficient (Wildman–Crippen LogP) is 3.06. The zero-order valence-corrected chi connectivity index (χ0v) is 12.1. The van der Waals surface area contributed by atoms with Gasteiger partial charge in [-0.3, -0.25) is 14.9 Å². The van der Waals surface area contributed by atoms with E-state index in [0.717, 1.165) is 5.56 Å². The lowest BCUT2D eigenvalue weighted by Gasteiger charge is -2.17. The first kappa shape index (κ1) is 15.8. The standard InChI is InChI=1S/C16H16N2O4/c1-22-17-15(12-6-3-2-4-7-12)11-16(19)13-8-5-9-14(10-13)18(20)21/h2-10,15,17H,11H2,1H3/t15-/m0/s1. The zero-order valence-electron chi connectivity index (χ0n) is 12.1. The molecule has 0 aliphatic heterocycles. The topological polar surface area (TPSA) is 81.5 Å². The second-order valence-corrected chi connectivity index (χ2v) is 4.72. The number of nitrogens with zero attached hydrogens (tertiary/aromatic N) is 1. The van der Waals surface area contributed by atoms with Gasteiger partial charge in [-0.25, -0.2) is 0 Å². The van der Waals surface area contributed by atoms with Crippen LogP contribution in [0.5, 0.6) is 0 Å². The normalized spacial score (nSPS) is 11.9. The minimum absolute atomic E-state index is 0.0955. The Hall–Kier alpha value is -2.57. The number of Topliss-reactive ketones (excluding diaryl/α,β-unsaturated/α-hetero) is 1. The molecule has 0 fully saturated rings. The summed E-state index contributed by atoms with van der Waals surface area (Å²) >= 11 is 0. The number of hydroxylamine groups is 1. The molecule has 22 heavy (non-hydrogen) atoms. The Labute approximate surface area is 127 Å². The van der Waals surface area contributed by atoms with Crippen LogP contribution in [-0.4, -0.2) is 17.8 Å². The number of nitro benzene ring substituents is 1. The largest absolute Gasteiger partial charge is 0.305 e. The second kappa shape index (κ2) is 7.44. The van der Waals surface area contributed by atoms with Gasteiger partial charge in [-0.15, -0.1) is 0 Å². The maximum atomic E-state index is 12.4. The van der Waals surface area contributed by atoms with E-state index in [1.807, 2.05) is 30.3 Å². The molecule has 0 heterocycles. The van der Waals surface area contributed by atoms with Crippen molar-refractivity contribution in [3.05, 3.63) is 75.8 Å². The minimum atomic E-state index is -0.515. The van der Waals surface area contributed by atoms with E-state index in [0.29, 0.717) is 5.56 Å². The van der Waals surface area contributed by atoms with Crippen LogP contribution in [-0.2, 0) is 4.84 Å². The summed E-state index contributed by atoms with van der Waals surface area (Å²) in [5.74, 6) is -0.192. The van der Waals surface area contributed by atoms with Crippen molar-refractivity contribution in [2.45, 2.75) is 12.5 Å². The molecule has 0 radical (unpaired) electrons. The number of nitrogens with one attached hydrogen (secondary N) is 1. The lowest BCUT2D eigenvalue weighted by atomic mass is 9.98. The van der Waals surface area contributed by atoms with Crippen LogP contribution in [0.25, 0.3) is 0 Å². The predicted molar refractivity (Wildman–Crippen MR) is 81.4 cm³/mol. The molecule has 0 spiro atoms. The molecule has 0 aliphatic rings. The summed E-state index contributed by atoms with van der Waals surface area (Å²) in [4.78, 5) is 27.6. The number of carbonyl (C=O) groups is 1. The first-order valence-electron chi connectivity index (χ1n) is 6.73. The number of nitro groups is 1. The molecule has 6 nitrogen and oxygen atoms in total. The highest BCUT2D eigenvalue weighted by molar-refractivity contribution is 5.97. The average Bonchev–Trinajstić information content (AvgIpc) is 2.55. The first-order valence-corrected chi connectivity index (χ1v) is 6.73. The quantitative estimate of drug-likeness (QED) is 0.483. The monoisotopic (exact) mass is 300 g/mol. The Bertz CT molecular complexity index is 658. The third-order valence-electron chi connectivity index (χ3n) is 3.23. The van der Waals surface area contributed by atoms with E-state index in [9.17, 15) is 14.9 Å². The molecular weight excluding hydrogens is 284 g/mol.